The molecule has 0 aliphatic rings. The Morgan fingerprint density at radius 2 is 0.489 bits per heavy atom. The van der Waals surface area contributed by atoms with Gasteiger partial charge in [0.2, 0.25) is 0 Å². The fourth-order valence-electron chi connectivity index (χ4n) is 11.3. The van der Waals surface area contributed by atoms with Gasteiger partial charge in [-0.15, -0.1) is 0 Å². The Morgan fingerprint density at radius 3 is 0.696 bits per heavy atom. The molecular formula is C46H126O30Si16. The summed E-state index contributed by atoms with van der Waals surface area (Å²) in [5.41, 5.74) is 0.322. The molecule has 0 bridgehead atoms. The molecule has 46 heteroatoms. The van der Waals surface area contributed by atoms with Crippen molar-refractivity contribution in [1.82, 2.24) is 0 Å². The van der Waals surface area contributed by atoms with Crippen molar-refractivity contribution >= 4 is 140 Å². The molecule has 554 valence electrons. The zero-order chi connectivity index (χ0) is 71.4. The van der Waals surface area contributed by atoms with Gasteiger partial charge in [-0.2, -0.15) is 0 Å². The summed E-state index contributed by atoms with van der Waals surface area (Å²) in [7, 11) is -23.1. The van der Waals surface area contributed by atoms with Crippen molar-refractivity contribution in [2.45, 2.75) is 166 Å². The van der Waals surface area contributed by atoms with Gasteiger partial charge in [-0.3, -0.25) is 0 Å². The Hall–Kier alpha value is 2.27. The monoisotopic (exact) mass is 1610 g/mol. The van der Waals surface area contributed by atoms with Crippen LogP contribution in [0.1, 0.15) is 39.0 Å². The van der Waals surface area contributed by atoms with E-state index in [1.54, 1.807) is 0 Å². The molecule has 92 heavy (non-hydrogen) atoms. The van der Waals surface area contributed by atoms with E-state index in [1.165, 1.54) is 128 Å². The van der Waals surface area contributed by atoms with Crippen LogP contribution in [0.3, 0.4) is 0 Å². The number of hydrogen-bond acceptors (Lipinski definition) is 30. The van der Waals surface area contributed by atoms with Crippen LogP contribution in [0.15, 0.2) is 0 Å². The van der Waals surface area contributed by atoms with E-state index in [4.69, 9.17) is 130 Å². The summed E-state index contributed by atoms with van der Waals surface area (Å²) in [4.78, 5) is 0. The van der Waals surface area contributed by atoms with Crippen LogP contribution in [0.5, 0.6) is 0 Å². The molecule has 0 N–H and O–H groups in total. The maximum Gasteiger partial charge on any atom is 0.678 e. The molecule has 0 fully saturated rings. The fourth-order valence-corrected chi connectivity index (χ4v) is 70.8. The summed E-state index contributed by atoms with van der Waals surface area (Å²) in [6.07, 6.45) is 4.73. The third-order valence-corrected chi connectivity index (χ3v) is 70.4. The van der Waals surface area contributed by atoms with Crippen molar-refractivity contribution in [2.24, 2.45) is 0 Å². The molecule has 0 amide bonds. The molecule has 0 spiro atoms. The highest BCUT2D eigenvalue weighted by atomic mass is 28.5. The lowest BCUT2D eigenvalue weighted by atomic mass is 10.2. The van der Waals surface area contributed by atoms with Gasteiger partial charge >= 0.3 is 114 Å². The highest BCUT2D eigenvalue weighted by molar-refractivity contribution is 6.90. The maximum atomic E-state index is 7.28. The van der Waals surface area contributed by atoms with Crippen LogP contribution in [0.2, 0.25) is 127 Å². The largest absolute Gasteiger partial charge is 0.678 e. The Balaban J connectivity index is 8.19. The quantitative estimate of drug-likeness (QED) is 0.0528. The molecule has 0 aliphatic heterocycles. The minimum atomic E-state index is -3.60. The minimum Gasteiger partial charge on any atom is -0.437 e. The highest BCUT2D eigenvalue weighted by Crippen LogP contribution is 2.43. The molecule has 0 rings (SSSR count). The van der Waals surface area contributed by atoms with Crippen LogP contribution in [0.4, 0.5) is 0 Å². The van der Waals surface area contributed by atoms with Gasteiger partial charge < -0.3 is 130 Å². The Labute approximate surface area is 573 Å². The van der Waals surface area contributed by atoms with Gasteiger partial charge in [0.05, 0.1) is 20.5 Å². The fraction of sp³-hybridized carbons (Fsp3) is 1.00. The summed E-state index contributed by atoms with van der Waals surface area (Å²) in [6.45, 7) is 30.8. The van der Waals surface area contributed by atoms with Crippen molar-refractivity contribution < 1.29 is 130 Å². The Bertz CT molecular complexity index is 1740. The maximum absolute atomic E-state index is 7.28. The van der Waals surface area contributed by atoms with E-state index in [0.717, 1.165) is 44.2 Å². The standard InChI is InChI=1S/C46H126O30Si16/c1-34-46(38-35-41-84(31,67-77(20)44-65-87(47-2,48-3)49-4)68-78(21)45-66-88(50-5,51-6)52-7)83(30,39-36-42-85(32,69-79(22,23)73-89(53-8,54-9)55-10)70-80(24,25)74-90(56-11,57-12)58-13)40-37-43-86(33,71-81(26,27)75-91(59-14,60-15)61-16)72-82(28,29)76-92(62-17,63-18)64-19/h46,77-78H,34-45H2,1-33H3. The van der Waals surface area contributed by atoms with Crippen LogP contribution in [-0.2, 0) is 130 Å². The predicted molar refractivity (Wildman–Crippen MR) is 382 cm³/mol. The molecule has 0 aromatic rings. The van der Waals surface area contributed by atoms with Gasteiger partial charge in [0.1, 0.15) is 0 Å². The molecule has 3 unspecified atom stereocenters. The second kappa shape index (κ2) is 42.1. The van der Waals surface area contributed by atoms with Crippen molar-refractivity contribution in [3.05, 3.63) is 0 Å². The van der Waals surface area contributed by atoms with E-state index >= 15 is 0 Å². The molecule has 0 radical (unpaired) electrons. The first-order valence-corrected chi connectivity index (χ1v) is 67.2. The highest BCUT2D eigenvalue weighted by Gasteiger charge is 2.58. The number of rotatable bonds is 58. The van der Waals surface area contributed by atoms with Gasteiger partial charge in [-0.25, -0.2) is 0 Å². The van der Waals surface area contributed by atoms with Crippen molar-refractivity contribution in [3.63, 3.8) is 0 Å². The topological polar surface area (TPSA) is 277 Å². The Morgan fingerprint density at radius 1 is 0.272 bits per heavy atom. The molecule has 0 saturated heterocycles. The molecule has 0 aromatic carbocycles. The average Bonchev–Trinajstić information content (AvgIpc) is 0.821. The minimum absolute atomic E-state index is 0.278. The second-order valence-electron chi connectivity index (χ2n) is 24.3. The van der Waals surface area contributed by atoms with Crippen molar-refractivity contribution in [1.29, 1.82) is 0 Å². The lowest BCUT2D eigenvalue weighted by Crippen LogP contribution is -2.63. The third kappa shape index (κ3) is 31.1. The lowest BCUT2D eigenvalue weighted by molar-refractivity contribution is 0.0149. The number of hydrogen-bond donors (Lipinski definition) is 0. The summed E-state index contributed by atoms with van der Waals surface area (Å²) < 4.78 is 185. The summed E-state index contributed by atoms with van der Waals surface area (Å²) in [5, 5.41) is 0. The van der Waals surface area contributed by atoms with Gasteiger partial charge in [0.15, 0.2) is 18.1 Å². The summed E-state index contributed by atoms with van der Waals surface area (Å²) in [5.74, 6) is 0. The molecule has 0 aliphatic carbocycles. The Kier molecular flexibility index (Phi) is 43.2. The van der Waals surface area contributed by atoms with E-state index in [9.17, 15) is 0 Å². The molecule has 3 atom stereocenters. The summed E-state index contributed by atoms with van der Waals surface area (Å²) >= 11 is 0. The molecule has 0 aromatic heterocycles. The third-order valence-electron chi connectivity index (χ3n) is 15.1. The molecule has 0 saturated carbocycles. The molecular weight excluding hydrogens is 1480 g/mol. The summed E-state index contributed by atoms with van der Waals surface area (Å²) in [6, 6.07) is 3.68. The first-order chi connectivity index (χ1) is 42.5. The normalized spacial score (nSPS) is 16.1. The predicted octanol–water partition coefficient (Wildman–Crippen LogP) is 7.66. The van der Waals surface area contributed by atoms with E-state index in [2.05, 4.69) is 46.2 Å². The van der Waals surface area contributed by atoms with Gasteiger partial charge in [-0.1, -0.05) is 57.7 Å². The van der Waals surface area contributed by atoms with E-state index in [0.29, 0.717) is 23.7 Å². The first-order valence-electron chi connectivity index (χ1n) is 30.7. The van der Waals surface area contributed by atoms with Crippen molar-refractivity contribution in [3.8, 4) is 0 Å². The van der Waals surface area contributed by atoms with Gasteiger partial charge in [0, 0.05) is 128 Å². The molecule has 30 nitrogen and oxygen atoms in total. The average molecular weight is 1610 g/mol. The smallest absolute Gasteiger partial charge is 0.437 e. The zero-order valence-electron chi connectivity index (χ0n) is 62.5. The SMILES string of the molecule is CCC(CCC[Si](C)(O[SiH](C)CO[Si](OC)(OC)OC)O[SiH](C)CO[Si](OC)(OC)OC)[Si](C)(CCC[Si](C)(O[Si](C)(C)O[Si](OC)(OC)OC)O[Si](C)(C)O[Si](OC)(OC)OC)CCC[Si](C)(O[Si](C)(C)O[Si](OC)(OC)OC)O[Si](C)(C)O[Si](OC)(OC)OC. The van der Waals surface area contributed by atoms with Crippen LogP contribution >= 0.6 is 0 Å². The van der Waals surface area contributed by atoms with Crippen LogP contribution in [0.25, 0.3) is 0 Å². The van der Waals surface area contributed by atoms with Crippen molar-refractivity contribution in [2.75, 3.05) is 140 Å². The lowest BCUT2D eigenvalue weighted by Gasteiger charge is -2.44. The van der Waals surface area contributed by atoms with Crippen LogP contribution in [-0.4, -0.2) is 281 Å². The first kappa shape index (κ1) is 94.3. The van der Waals surface area contributed by atoms with E-state index < -0.39 is 140 Å². The van der Waals surface area contributed by atoms with Crippen LogP contribution < -0.4 is 0 Å². The van der Waals surface area contributed by atoms with E-state index in [-0.39, 0.29) is 12.5 Å². The van der Waals surface area contributed by atoms with E-state index in [1.807, 2.05) is 52.4 Å². The van der Waals surface area contributed by atoms with Gasteiger partial charge in [0.25, 0.3) is 0 Å². The molecule has 0 heterocycles. The zero-order valence-corrected chi connectivity index (χ0v) is 78.8. The van der Waals surface area contributed by atoms with Crippen LogP contribution in [0, 0.1) is 0 Å². The van der Waals surface area contributed by atoms with Gasteiger partial charge in [-0.05, 0) is 109 Å². The second-order valence-corrected chi connectivity index (χ2v) is 75.2.